The van der Waals surface area contributed by atoms with E-state index in [-0.39, 0.29) is 17.9 Å². The third kappa shape index (κ3) is 3.66. The largest absolute Gasteiger partial charge is 0.329 e. The Bertz CT molecular complexity index is 560. The molecule has 0 saturated carbocycles. The lowest BCUT2D eigenvalue weighted by molar-refractivity contribution is 0.472. The molecule has 2 atom stereocenters. The van der Waals surface area contributed by atoms with Crippen molar-refractivity contribution in [1.82, 2.24) is 5.32 Å². The first-order chi connectivity index (χ1) is 9.61. The molecule has 2 aromatic rings. The average Bonchev–Trinajstić information content (AvgIpc) is 2.48. The van der Waals surface area contributed by atoms with Gasteiger partial charge in [0, 0.05) is 18.6 Å². The summed E-state index contributed by atoms with van der Waals surface area (Å²) in [5, 5.41) is 3.48. The second-order valence-electron chi connectivity index (χ2n) is 4.76. The van der Waals surface area contributed by atoms with Crippen LogP contribution in [0.3, 0.4) is 0 Å². The molecule has 0 fully saturated rings. The lowest BCUT2D eigenvalue weighted by Crippen LogP contribution is -2.30. The van der Waals surface area contributed by atoms with Crippen LogP contribution in [0.2, 0.25) is 0 Å². The summed E-state index contributed by atoms with van der Waals surface area (Å²) in [5.41, 5.74) is 8.02. The van der Waals surface area contributed by atoms with Gasteiger partial charge in [-0.15, -0.1) is 0 Å². The molecule has 0 radical (unpaired) electrons. The van der Waals surface area contributed by atoms with E-state index in [9.17, 15) is 4.39 Å². The molecular weight excluding hydrogens is 319 g/mol. The fourth-order valence-electron chi connectivity index (χ4n) is 2.17. The SMILES string of the molecule is CC(NC(CN)c1ccc(F)c(Br)c1)c1ccccc1. The van der Waals surface area contributed by atoms with E-state index >= 15 is 0 Å². The third-order valence-electron chi connectivity index (χ3n) is 3.33. The summed E-state index contributed by atoms with van der Waals surface area (Å²) in [4.78, 5) is 0. The molecule has 2 rings (SSSR count). The van der Waals surface area contributed by atoms with Gasteiger partial charge in [-0.25, -0.2) is 4.39 Å². The van der Waals surface area contributed by atoms with Crippen molar-refractivity contribution in [3.05, 3.63) is 69.9 Å². The molecule has 0 aromatic heterocycles. The summed E-state index contributed by atoms with van der Waals surface area (Å²) < 4.78 is 13.8. The van der Waals surface area contributed by atoms with E-state index in [0.29, 0.717) is 11.0 Å². The van der Waals surface area contributed by atoms with Crippen molar-refractivity contribution in [3.8, 4) is 0 Å². The Hall–Kier alpha value is -1.23. The molecule has 3 N–H and O–H groups in total. The van der Waals surface area contributed by atoms with Gasteiger partial charge in [0.15, 0.2) is 0 Å². The molecule has 0 aliphatic rings. The van der Waals surface area contributed by atoms with Gasteiger partial charge >= 0.3 is 0 Å². The second kappa shape index (κ2) is 6.97. The first-order valence-corrected chi connectivity index (χ1v) is 7.37. The zero-order valence-corrected chi connectivity index (χ0v) is 12.9. The van der Waals surface area contributed by atoms with E-state index in [1.54, 1.807) is 12.1 Å². The van der Waals surface area contributed by atoms with Crippen molar-refractivity contribution in [2.75, 3.05) is 6.54 Å². The molecule has 0 amide bonds. The van der Waals surface area contributed by atoms with Crippen molar-refractivity contribution in [3.63, 3.8) is 0 Å². The fraction of sp³-hybridized carbons (Fsp3) is 0.250. The van der Waals surface area contributed by atoms with Gasteiger partial charge in [-0.1, -0.05) is 36.4 Å². The van der Waals surface area contributed by atoms with Crippen molar-refractivity contribution in [1.29, 1.82) is 0 Å². The standard InChI is InChI=1S/C16H18BrFN2/c1-11(12-5-3-2-4-6-12)20-16(10-19)13-7-8-15(18)14(17)9-13/h2-9,11,16,20H,10,19H2,1H3. The van der Waals surface area contributed by atoms with Gasteiger partial charge in [0.05, 0.1) is 4.47 Å². The first-order valence-electron chi connectivity index (χ1n) is 6.58. The average molecular weight is 337 g/mol. The van der Waals surface area contributed by atoms with Crippen LogP contribution in [0.1, 0.15) is 30.1 Å². The van der Waals surface area contributed by atoms with Crippen LogP contribution in [0.4, 0.5) is 4.39 Å². The van der Waals surface area contributed by atoms with Crippen LogP contribution in [0.25, 0.3) is 0 Å². The highest BCUT2D eigenvalue weighted by Crippen LogP contribution is 2.23. The number of benzene rings is 2. The summed E-state index contributed by atoms with van der Waals surface area (Å²) in [5.74, 6) is -0.263. The van der Waals surface area contributed by atoms with E-state index in [1.807, 2.05) is 18.2 Å². The van der Waals surface area contributed by atoms with Crippen molar-refractivity contribution in [2.24, 2.45) is 5.73 Å². The molecular formula is C16H18BrFN2. The number of hydrogen-bond acceptors (Lipinski definition) is 2. The first kappa shape index (κ1) is 15.2. The van der Waals surface area contributed by atoms with Gasteiger partial charge in [-0.3, -0.25) is 0 Å². The van der Waals surface area contributed by atoms with Gasteiger partial charge in [0.25, 0.3) is 0 Å². The van der Waals surface area contributed by atoms with Gasteiger partial charge in [0.2, 0.25) is 0 Å². The van der Waals surface area contributed by atoms with E-state index in [1.165, 1.54) is 11.6 Å². The zero-order chi connectivity index (χ0) is 14.5. The fourth-order valence-corrected chi connectivity index (χ4v) is 2.57. The Morgan fingerprint density at radius 2 is 1.85 bits per heavy atom. The number of halogens is 2. The third-order valence-corrected chi connectivity index (χ3v) is 3.94. The molecule has 0 spiro atoms. The Labute approximate surface area is 127 Å². The molecule has 2 aromatic carbocycles. The highest BCUT2D eigenvalue weighted by Gasteiger charge is 2.15. The maximum atomic E-state index is 13.3. The topological polar surface area (TPSA) is 38.0 Å². The van der Waals surface area contributed by atoms with Crippen LogP contribution >= 0.6 is 15.9 Å². The van der Waals surface area contributed by atoms with Crippen LogP contribution in [0.15, 0.2) is 53.0 Å². The maximum Gasteiger partial charge on any atom is 0.137 e. The van der Waals surface area contributed by atoms with Crippen molar-refractivity contribution < 1.29 is 4.39 Å². The van der Waals surface area contributed by atoms with E-state index < -0.39 is 0 Å². The highest BCUT2D eigenvalue weighted by atomic mass is 79.9. The molecule has 106 valence electrons. The van der Waals surface area contributed by atoms with Gasteiger partial charge < -0.3 is 11.1 Å². The molecule has 4 heteroatoms. The number of nitrogens with two attached hydrogens (primary N) is 1. The Morgan fingerprint density at radius 3 is 2.45 bits per heavy atom. The van der Waals surface area contributed by atoms with Crippen molar-refractivity contribution in [2.45, 2.75) is 19.0 Å². The second-order valence-corrected chi connectivity index (χ2v) is 5.62. The quantitative estimate of drug-likeness (QED) is 0.867. The Kier molecular flexibility index (Phi) is 5.29. The molecule has 0 aliphatic carbocycles. The summed E-state index contributed by atoms with van der Waals surface area (Å²) in [6, 6.07) is 15.3. The number of hydrogen-bond donors (Lipinski definition) is 2. The zero-order valence-electron chi connectivity index (χ0n) is 11.3. The van der Waals surface area contributed by atoms with Crippen LogP contribution in [-0.2, 0) is 0 Å². The van der Waals surface area contributed by atoms with Crippen LogP contribution < -0.4 is 11.1 Å². The van der Waals surface area contributed by atoms with Crippen LogP contribution in [0, 0.1) is 5.82 Å². The van der Waals surface area contributed by atoms with Crippen molar-refractivity contribution >= 4 is 15.9 Å². The molecule has 0 saturated heterocycles. The van der Waals surface area contributed by atoms with E-state index in [0.717, 1.165) is 5.56 Å². The summed E-state index contributed by atoms with van der Waals surface area (Å²) in [6.45, 7) is 2.55. The predicted molar refractivity (Wildman–Crippen MR) is 83.9 cm³/mol. The number of rotatable bonds is 5. The molecule has 0 bridgehead atoms. The minimum Gasteiger partial charge on any atom is -0.329 e. The van der Waals surface area contributed by atoms with Gasteiger partial charge in [0.1, 0.15) is 5.82 Å². The Morgan fingerprint density at radius 1 is 1.15 bits per heavy atom. The summed E-state index contributed by atoms with van der Waals surface area (Å²) in [7, 11) is 0. The molecule has 0 heterocycles. The van der Waals surface area contributed by atoms with Gasteiger partial charge in [-0.05, 0) is 46.1 Å². The van der Waals surface area contributed by atoms with Crippen LogP contribution in [0.5, 0.6) is 0 Å². The molecule has 2 unspecified atom stereocenters. The monoisotopic (exact) mass is 336 g/mol. The molecule has 20 heavy (non-hydrogen) atoms. The summed E-state index contributed by atoms with van der Waals surface area (Å²) in [6.07, 6.45) is 0. The smallest absolute Gasteiger partial charge is 0.137 e. The Balaban J connectivity index is 2.14. The van der Waals surface area contributed by atoms with E-state index in [2.05, 4.69) is 40.3 Å². The lowest BCUT2D eigenvalue weighted by atomic mass is 10.0. The lowest BCUT2D eigenvalue weighted by Gasteiger charge is -2.23. The highest BCUT2D eigenvalue weighted by molar-refractivity contribution is 9.10. The normalized spacial score (nSPS) is 14.0. The minimum atomic E-state index is -0.263. The van der Waals surface area contributed by atoms with Crippen LogP contribution in [-0.4, -0.2) is 6.54 Å². The maximum absolute atomic E-state index is 13.3. The molecule has 0 aliphatic heterocycles. The predicted octanol–water partition coefficient (Wildman–Crippen LogP) is 3.94. The minimum absolute atomic E-state index is 0.0119. The van der Waals surface area contributed by atoms with Gasteiger partial charge in [-0.2, -0.15) is 0 Å². The number of nitrogens with one attached hydrogen (secondary N) is 1. The summed E-state index contributed by atoms with van der Waals surface area (Å²) >= 11 is 3.21. The van der Waals surface area contributed by atoms with E-state index in [4.69, 9.17) is 5.73 Å². The molecule has 2 nitrogen and oxygen atoms in total.